The van der Waals surface area contributed by atoms with Gasteiger partial charge in [0, 0.05) is 18.1 Å². The van der Waals surface area contributed by atoms with Crippen LogP contribution in [0, 0.1) is 0 Å². The molecule has 0 spiro atoms. The Kier molecular flexibility index (Phi) is 5.41. The lowest BCUT2D eigenvalue weighted by molar-refractivity contribution is 0.0786. The summed E-state index contributed by atoms with van der Waals surface area (Å²) in [4.78, 5) is 2.68. The van der Waals surface area contributed by atoms with Crippen LogP contribution in [0.3, 0.4) is 0 Å². The van der Waals surface area contributed by atoms with Gasteiger partial charge < -0.3 is 5.73 Å². The Morgan fingerprint density at radius 1 is 1.26 bits per heavy atom. The van der Waals surface area contributed by atoms with Crippen LogP contribution >= 0.6 is 0 Å². The third kappa shape index (κ3) is 3.80. The summed E-state index contributed by atoms with van der Waals surface area (Å²) < 4.78 is 0. The Hall–Kier alpha value is -0.860. The van der Waals surface area contributed by atoms with E-state index in [9.17, 15) is 0 Å². The molecule has 1 saturated heterocycles. The van der Waals surface area contributed by atoms with E-state index in [1.807, 2.05) is 0 Å². The molecule has 19 heavy (non-hydrogen) atoms. The number of nitrogens with zero attached hydrogens (tertiary/aromatic N) is 1. The summed E-state index contributed by atoms with van der Waals surface area (Å²) in [5.41, 5.74) is 7.65. The average Bonchev–Trinajstić information content (AvgIpc) is 2.46. The van der Waals surface area contributed by atoms with Crippen molar-refractivity contribution in [2.45, 2.75) is 64.1 Å². The van der Waals surface area contributed by atoms with Crippen molar-refractivity contribution in [1.29, 1.82) is 0 Å². The van der Waals surface area contributed by atoms with Gasteiger partial charge in [-0.3, -0.25) is 4.90 Å². The molecule has 0 bridgehead atoms. The first kappa shape index (κ1) is 14.5. The van der Waals surface area contributed by atoms with E-state index in [0.29, 0.717) is 12.1 Å². The molecule has 106 valence electrons. The van der Waals surface area contributed by atoms with Crippen LogP contribution in [0.4, 0.5) is 0 Å². The van der Waals surface area contributed by atoms with Gasteiger partial charge in [0.25, 0.3) is 0 Å². The quantitative estimate of drug-likeness (QED) is 0.881. The van der Waals surface area contributed by atoms with Crippen molar-refractivity contribution in [2.24, 2.45) is 5.73 Å². The molecule has 0 radical (unpaired) electrons. The highest BCUT2D eigenvalue weighted by Gasteiger charge is 2.30. The predicted octanol–water partition coefficient (Wildman–Crippen LogP) is 3.21. The molecule has 2 N–H and O–H groups in total. The number of nitrogens with two attached hydrogens (primary N) is 1. The fraction of sp³-hybridized carbons (Fsp3) is 0.647. The monoisotopic (exact) mass is 260 g/mol. The molecule has 0 aromatic heterocycles. The summed E-state index contributed by atoms with van der Waals surface area (Å²) in [6.07, 6.45) is 6.29. The molecule has 2 rings (SSSR count). The van der Waals surface area contributed by atoms with Crippen molar-refractivity contribution in [1.82, 2.24) is 4.90 Å². The van der Waals surface area contributed by atoms with E-state index in [2.05, 4.69) is 49.1 Å². The first-order valence-electron chi connectivity index (χ1n) is 7.77. The summed E-state index contributed by atoms with van der Waals surface area (Å²) in [5.74, 6) is 0. The molecule has 1 aromatic rings. The number of benzene rings is 1. The smallest absolute Gasteiger partial charge is 0.0247 e. The van der Waals surface area contributed by atoms with Gasteiger partial charge >= 0.3 is 0 Å². The average molecular weight is 260 g/mol. The molecule has 3 unspecified atom stereocenters. The molecule has 1 fully saturated rings. The second-order valence-electron chi connectivity index (χ2n) is 5.91. The summed E-state index contributed by atoms with van der Waals surface area (Å²) >= 11 is 0. The van der Waals surface area contributed by atoms with Crippen LogP contribution in [0.5, 0.6) is 0 Å². The van der Waals surface area contributed by atoms with Gasteiger partial charge in [0.2, 0.25) is 0 Å². The number of likely N-dealkylation sites (tertiary alicyclic amines) is 1. The molecule has 1 aromatic carbocycles. The summed E-state index contributed by atoms with van der Waals surface area (Å²) in [7, 11) is 0. The summed E-state index contributed by atoms with van der Waals surface area (Å²) in [6, 6.07) is 12.4. The molecule has 2 nitrogen and oxygen atoms in total. The van der Waals surface area contributed by atoms with E-state index in [-0.39, 0.29) is 6.04 Å². The Labute approximate surface area is 118 Å². The van der Waals surface area contributed by atoms with E-state index in [4.69, 9.17) is 5.73 Å². The molecule has 1 heterocycles. The standard InChI is InChI=1S/C17H28N2/c1-3-16(13-15-9-5-4-6-10-15)19-12-8-7-11-17(19)14(2)18/h4-6,9-10,14,16-17H,3,7-8,11-13,18H2,1-2H3. The van der Waals surface area contributed by atoms with Crippen molar-refractivity contribution >= 4 is 0 Å². The Morgan fingerprint density at radius 2 is 2.00 bits per heavy atom. The van der Waals surface area contributed by atoms with Gasteiger partial charge in [0.05, 0.1) is 0 Å². The normalized spacial score (nSPS) is 24.1. The Bertz CT molecular complexity index is 361. The summed E-state index contributed by atoms with van der Waals surface area (Å²) in [6.45, 7) is 5.69. The van der Waals surface area contributed by atoms with Gasteiger partial charge in [0.15, 0.2) is 0 Å². The molecule has 0 amide bonds. The second-order valence-corrected chi connectivity index (χ2v) is 5.91. The third-order valence-electron chi connectivity index (χ3n) is 4.45. The zero-order valence-corrected chi connectivity index (χ0v) is 12.4. The van der Waals surface area contributed by atoms with Crippen molar-refractivity contribution < 1.29 is 0 Å². The summed E-state index contributed by atoms with van der Waals surface area (Å²) in [5, 5.41) is 0. The van der Waals surface area contributed by atoms with Gasteiger partial charge in [-0.2, -0.15) is 0 Å². The molecule has 0 aliphatic carbocycles. The molecular weight excluding hydrogens is 232 g/mol. The molecule has 2 heteroatoms. The maximum Gasteiger partial charge on any atom is 0.0247 e. The molecule has 1 aliphatic heterocycles. The van der Waals surface area contributed by atoms with Gasteiger partial charge in [-0.15, -0.1) is 0 Å². The third-order valence-corrected chi connectivity index (χ3v) is 4.45. The van der Waals surface area contributed by atoms with Crippen LogP contribution in [0.15, 0.2) is 30.3 Å². The SMILES string of the molecule is CCC(Cc1ccccc1)N1CCCCC1C(C)N. The van der Waals surface area contributed by atoms with E-state index in [1.165, 1.54) is 37.8 Å². The number of hydrogen-bond donors (Lipinski definition) is 1. The lowest BCUT2D eigenvalue weighted by Crippen LogP contribution is -2.53. The van der Waals surface area contributed by atoms with Gasteiger partial charge in [-0.25, -0.2) is 0 Å². The highest BCUT2D eigenvalue weighted by atomic mass is 15.2. The Morgan fingerprint density at radius 3 is 2.63 bits per heavy atom. The lowest BCUT2D eigenvalue weighted by Gasteiger charge is -2.43. The van der Waals surface area contributed by atoms with Crippen molar-refractivity contribution in [3.63, 3.8) is 0 Å². The van der Waals surface area contributed by atoms with E-state index < -0.39 is 0 Å². The van der Waals surface area contributed by atoms with Gasteiger partial charge in [-0.05, 0) is 44.7 Å². The predicted molar refractivity (Wildman–Crippen MR) is 82.2 cm³/mol. The van der Waals surface area contributed by atoms with Crippen LogP contribution < -0.4 is 5.73 Å². The second kappa shape index (κ2) is 7.06. The first-order valence-corrected chi connectivity index (χ1v) is 7.77. The molecule has 0 saturated carbocycles. The van der Waals surface area contributed by atoms with E-state index >= 15 is 0 Å². The van der Waals surface area contributed by atoms with Gasteiger partial charge in [-0.1, -0.05) is 43.7 Å². The highest BCUT2D eigenvalue weighted by molar-refractivity contribution is 5.16. The molecular formula is C17H28N2. The molecule has 1 aliphatic rings. The fourth-order valence-electron chi connectivity index (χ4n) is 3.38. The van der Waals surface area contributed by atoms with Crippen molar-refractivity contribution in [3.8, 4) is 0 Å². The van der Waals surface area contributed by atoms with Gasteiger partial charge in [0.1, 0.15) is 0 Å². The maximum atomic E-state index is 6.20. The number of piperidine rings is 1. The van der Waals surface area contributed by atoms with E-state index in [0.717, 1.165) is 6.42 Å². The minimum absolute atomic E-state index is 0.283. The van der Waals surface area contributed by atoms with Crippen LogP contribution in [0.2, 0.25) is 0 Å². The maximum absolute atomic E-state index is 6.20. The largest absolute Gasteiger partial charge is 0.327 e. The minimum Gasteiger partial charge on any atom is -0.327 e. The zero-order valence-electron chi connectivity index (χ0n) is 12.4. The lowest BCUT2D eigenvalue weighted by atomic mass is 9.92. The topological polar surface area (TPSA) is 29.3 Å². The number of rotatable bonds is 5. The first-order chi connectivity index (χ1) is 9.22. The Balaban J connectivity index is 2.06. The van der Waals surface area contributed by atoms with Crippen LogP contribution in [0.1, 0.15) is 45.1 Å². The fourth-order valence-corrected chi connectivity index (χ4v) is 3.38. The van der Waals surface area contributed by atoms with E-state index in [1.54, 1.807) is 0 Å². The molecule has 3 atom stereocenters. The zero-order chi connectivity index (χ0) is 13.7. The van der Waals surface area contributed by atoms with Crippen LogP contribution in [-0.2, 0) is 6.42 Å². The van der Waals surface area contributed by atoms with Crippen molar-refractivity contribution in [2.75, 3.05) is 6.54 Å². The number of hydrogen-bond acceptors (Lipinski definition) is 2. The highest BCUT2D eigenvalue weighted by Crippen LogP contribution is 2.24. The van der Waals surface area contributed by atoms with Crippen molar-refractivity contribution in [3.05, 3.63) is 35.9 Å². The minimum atomic E-state index is 0.283. The van der Waals surface area contributed by atoms with Crippen LogP contribution in [0.25, 0.3) is 0 Å². The van der Waals surface area contributed by atoms with Crippen LogP contribution in [-0.4, -0.2) is 29.6 Å².